The minimum atomic E-state index is 0.418. The van der Waals surface area contributed by atoms with E-state index < -0.39 is 0 Å². The van der Waals surface area contributed by atoms with Gasteiger partial charge in [0.15, 0.2) is 0 Å². The van der Waals surface area contributed by atoms with Gasteiger partial charge in [0.25, 0.3) is 0 Å². The number of hydrogen-bond donors (Lipinski definition) is 3. The molecule has 0 atom stereocenters. The van der Waals surface area contributed by atoms with Gasteiger partial charge in [-0.3, -0.25) is 0 Å². The molecule has 0 aliphatic carbocycles. The molecule has 0 bridgehead atoms. The summed E-state index contributed by atoms with van der Waals surface area (Å²) in [4.78, 5) is 0.418. The molecule has 8 heavy (non-hydrogen) atoms. The van der Waals surface area contributed by atoms with Gasteiger partial charge in [-0.25, -0.2) is 0 Å². The normalized spacial score (nSPS) is 12.0. The summed E-state index contributed by atoms with van der Waals surface area (Å²) in [5, 5.41) is 0. The fourth-order valence-corrected chi connectivity index (χ4v) is 2.16. The van der Waals surface area contributed by atoms with Crippen molar-refractivity contribution in [3.8, 4) is 0 Å². The molecule has 0 heterocycles. The summed E-state index contributed by atoms with van der Waals surface area (Å²) in [6.07, 6.45) is 0. The summed E-state index contributed by atoms with van der Waals surface area (Å²) in [6.45, 7) is 0. The molecule has 0 spiro atoms. The number of rotatable bonds is 3. The smallest absolute Gasteiger partial charge is 0.0741 e. The van der Waals surface area contributed by atoms with Crippen LogP contribution < -0.4 is 10.9 Å². The maximum atomic E-state index is 2.95. The first-order chi connectivity index (χ1) is 3.68. The van der Waals surface area contributed by atoms with Crippen LogP contribution in [0.25, 0.3) is 0 Å². The van der Waals surface area contributed by atoms with E-state index in [1.54, 1.807) is 0 Å². The van der Waals surface area contributed by atoms with Crippen LogP contribution in [0.5, 0.6) is 0 Å². The second-order valence-electron chi connectivity index (χ2n) is 1.26. The van der Waals surface area contributed by atoms with Gasteiger partial charge in [0, 0.05) is 0 Å². The monoisotopic (exact) mass is 455 g/mol. The van der Waals surface area contributed by atoms with E-state index in [1.165, 1.54) is 0 Å². The summed E-state index contributed by atoms with van der Waals surface area (Å²) in [5.74, 6) is 0. The average molecular weight is 455 g/mol. The van der Waals surface area contributed by atoms with Crippen LogP contribution in [-0.2, 0) is 0 Å². The van der Waals surface area contributed by atoms with Crippen molar-refractivity contribution in [1.29, 1.82) is 0 Å². The predicted molar refractivity (Wildman–Crippen MR) is 57.7 cm³/mol. The molecule has 3 N–H and O–H groups in total. The van der Waals surface area contributed by atoms with Crippen molar-refractivity contribution in [3.63, 3.8) is 0 Å². The summed E-state index contributed by atoms with van der Waals surface area (Å²) in [6, 6.07) is 0. The minimum Gasteiger partial charge on any atom is -0.0741 e. The first kappa shape index (κ1) is 10.0. The van der Waals surface area contributed by atoms with Crippen molar-refractivity contribution in [2.24, 2.45) is 0 Å². The van der Waals surface area contributed by atoms with Crippen LogP contribution in [0, 0.1) is 0 Å². The summed E-state index contributed by atoms with van der Waals surface area (Å²) >= 11 is 6.16. The van der Waals surface area contributed by atoms with Crippen molar-refractivity contribution in [2.45, 2.75) is 0 Å². The zero-order valence-electron chi connectivity index (χ0n) is 4.08. The SMILES string of the molecule is C[N+](NI)(NI)NI. The third-order valence-electron chi connectivity index (χ3n) is 0.507. The molecule has 0 saturated heterocycles. The van der Waals surface area contributed by atoms with E-state index >= 15 is 0 Å². The number of nitrogens with zero attached hydrogens (tertiary/aromatic N) is 1. The lowest BCUT2D eigenvalue weighted by atomic mass is 11.4. The largest absolute Gasteiger partial charge is 0.127 e. The molecule has 0 radical (unpaired) electrons. The van der Waals surface area contributed by atoms with Gasteiger partial charge >= 0.3 is 0 Å². The number of hydrogen-bond acceptors (Lipinski definition) is 3. The highest BCUT2D eigenvalue weighted by atomic mass is 127. The molecule has 0 saturated carbocycles. The van der Waals surface area contributed by atoms with Gasteiger partial charge in [0.1, 0.15) is 7.05 Å². The maximum Gasteiger partial charge on any atom is 0.127 e. The summed E-state index contributed by atoms with van der Waals surface area (Å²) < 4.78 is 8.84. The Kier molecular flexibility index (Phi) is 6.00. The summed E-state index contributed by atoms with van der Waals surface area (Å²) in [7, 11) is 1.94. The Morgan fingerprint density at radius 2 is 1.25 bits per heavy atom. The molecule has 4 nitrogen and oxygen atoms in total. The first-order valence-electron chi connectivity index (χ1n) is 1.68. The van der Waals surface area contributed by atoms with Gasteiger partial charge < -0.3 is 0 Å². The van der Waals surface area contributed by atoms with Crippen LogP contribution in [0.2, 0.25) is 0 Å². The Balaban J connectivity index is 3.58. The quantitative estimate of drug-likeness (QED) is 0.258. The second-order valence-corrected chi connectivity index (χ2v) is 2.71. The minimum absolute atomic E-state index is 0.418. The zero-order chi connectivity index (χ0) is 6.62. The van der Waals surface area contributed by atoms with Crippen molar-refractivity contribution < 1.29 is 4.81 Å². The highest BCUT2D eigenvalue weighted by molar-refractivity contribution is 14.1. The van der Waals surface area contributed by atoms with Gasteiger partial charge in [0.2, 0.25) is 0 Å². The molecule has 0 unspecified atom stereocenters. The summed E-state index contributed by atoms with van der Waals surface area (Å²) in [5.41, 5.74) is 0. The van der Waals surface area contributed by atoms with E-state index in [9.17, 15) is 0 Å². The van der Waals surface area contributed by atoms with Crippen molar-refractivity contribution in [1.82, 2.24) is 10.9 Å². The van der Waals surface area contributed by atoms with E-state index in [0.717, 1.165) is 0 Å². The second kappa shape index (κ2) is 4.79. The maximum absolute atomic E-state index is 2.95. The Morgan fingerprint density at radius 3 is 1.25 bits per heavy atom. The van der Waals surface area contributed by atoms with E-state index in [0.29, 0.717) is 4.81 Å². The Morgan fingerprint density at radius 1 is 1.00 bits per heavy atom. The molecule has 0 aliphatic heterocycles. The van der Waals surface area contributed by atoms with Gasteiger partial charge in [-0.05, 0) is 0 Å². The lowest BCUT2D eigenvalue weighted by molar-refractivity contribution is -0.979. The van der Waals surface area contributed by atoms with E-state index in [-0.39, 0.29) is 0 Å². The third-order valence-corrected chi connectivity index (χ3v) is 3.40. The van der Waals surface area contributed by atoms with E-state index in [1.807, 2.05) is 7.05 Å². The Labute approximate surface area is 90.1 Å². The number of nitrogens with one attached hydrogen (secondary N) is 3. The Hall–Kier alpha value is 2.03. The lowest BCUT2D eigenvalue weighted by Gasteiger charge is -2.23. The highest BCUT2D eigenvalue weighted by Gasteiger charge is 2.15. The van der Waals surface area contributed by atoms with Crippen LogP contribution >= 0.6 is 68.6 Å². The third kappa shape index (κ3) is 3.26. The molecular formula is CH6I3N4+. The highest BCUT2D eigenvalue weighted by Crippen LogP contribution is 1.93. The predicted octanol–water partition coefficient (Wildman–Crippen LogP) is 0.997. The van der Waals surface area contributed by atoms with Gasteiger partial charge in [-0.1, -0.05) is 15.7 Å². The van der Waals surface area contributed by atoms with Crippen LogP contribution in [0.1, 0.15) is 0 Å². The molecule has 0 aliphatic rings. The Bertz CT molecular complexity index is 54.0. The first-order valence-corrected chi connectivity index (χ1v) is 4.92. The molecule has 0 fully saturated rings. The van der Waals surface area contributed by atoms with Crippen LogP contribution in [0.3, 0.4) is 0 Å². The van der Waals surface area contributed by atoms with Gasteiger partial charge in [-0.2, -0.15) is 0 Å². The van der Waals surface area contributed by atoms with E-state index in [4.69, 9.17) is 0 Å². The van der Waals surface area contributed by atoms with Crippen LogP contribution in [0.4, 0.5) is 0 Å². The standard InChI is InChI=1S/CH6I3N4/c1-8(5-2,6-3)7-4/h5-7H,1H3/q+1. The number of quaternary nitrogens is 1. The molecule has 50 valence electrons. The fraction of sp³-hybridized carbons (Fsp3) is 1.00. The lowest BCUT2D eigenvalue weighted by Crippen LogP contribution is -2.61. The topological polar surface area (TPSA) is 36.1 Å². The van der Waals surface area contributed by atoms with Gasteiger partial charge in [0.05, 0.1) is 68.6 Å². The average Bonchev–Trinajstić information content (AvgIpc) is 1.87. The molecule has 0 aromatic rings. The van der Waals surface area contributed by atoms with Crippen LogP contribution in [0.15, 0.2) is 0 Å². The molecular weight excluding hydrogens is 449 g/mol. The number of halogens is 3. The van der Waals surface area contributed by atoms with E-state index in [2.05, 4.69) is 79.5 Å². The van der Waals surface area contributed by atoms with Crippen LogP contribution in [-0.4, -0.2) is 11.9 Å². The molecule has 0 rings (SSSR count). The molecule has 7 heteroatoms. The van der Waals surface area contributed by atoms with Gasteiger partial charge in [-0.15, -0.1) is 0 Å². The molecule has 0 amide bonds. The molecule has 0 aromatic heterocycles. The fourth-order valence-electron chi connectivity index (χ4n) is 0.0479. The zero-order valence-corrected chi connectivity index (χ0v) is 10.6. The van der Waals surface area contributed by atoms with Crippen molar-refractivity contribution in [2.75, 3.05) is 7.05 Å². The van der Waals surface area contributed by atoms with Crippen molar-refractivity contribution in [3.05, 3.63) is 0 Å². The van der Waals surface area contributed by atoms with Crippen molar-refractivity contribution >= 4 is 68.6 Å². The molecule has 0 aromatic carbocycles.